The van der Waals surface area contributed by atoms with Crippen LogP contribution in [0.25, 0.3) is 10.9 Å². The van der Waals surface area contributed by atoms with Gasteiger partial charge in [-0.3, -0.25) is 0 Å². The van der Waals surface area contributed by atoms with E-state index >= 15 is 0 Å². The average Bonchev–Trinajstić information content (AvgIpc) is 2.65. The van der Waals surface area contributed by atoms with E-state index < -0.39 is 24.7 Å². The van der Waals surface area contributed by atoms with Crippen molar-refractivity contribution in [1.82, 2.24) is 4.57 Å². The van der Waals surface area contributed by atoms with Crippen molar-refractivity contribution in [2.75, 3.05) is 12.0 Å². The molecule has 0 saturated carbocycles. The maximum atomic E-state index is 13.3. The first-order chi connectivity index (χ1) is 9.58. The molecule has 0 fully saturated rings. The van der Waals surface area contributed by atoms with Crippen molar-refractivity contribution >= 4 is 40.5 Å². The van der Waals surface area contributed by atoms with Crippen LogP contribution in [-0.2, 0) is 25.4 Å². The van der Waals surface area contributed by atoms with Gasteiger partial charge in [-0.05, 0) is 24.6 Å². The molecule has 1 heterocycles. The maximum absolute atomic E-state index is 13.3. The van der Waals surface area contributed by atoms with Crippen LogP contribution in [0.1, 0.15) is 6.42 Å². The standard InChI is InChI=1S/C12H13ClFNO4S2/c1-20(16,17)6-2-5-15-8-12(21(13,18)19)10-7-9(14)3-4-11(10)15/h3-4,7-8H,2,5-6H2,1H3. The van der Waals surface area contributed by atoms with Crippen molar-refractivity contribution in [3.8, 4) is 0 Å². The lowest BCUT2D eigenvalue weighted by molar-refractivity contribution is 0.592. The Balaban J connectivity index is 2.45. The Morgan fingerprint density at radius 1 is 1.24 bits per heavy atom. The molecule has 0 aliphatic carbocycles. The summed E-state index contributed by atoms with van der Waals surface area (Å²) in [6.07, 6.45) is 2.75. The number of benzene rings is 1. The number of halogens is 2. The molecule has 2 rings (SSSR count). The fourth-order valence-electron chi connectivity index (χ4n) is 2.11. The molecule has 0 amide bonds. The number of hydrogen-bond acceptors (Lipinski definition) is 4. The molecule has 5 nitrogen and oxygen atoms in total. The molecule has 116 valence electrons. The number of aryl methyl sites for hydroxylation is 1. The van der Waals surface area contributed by atoms with E-state index in [9.17, 15) is 21.2 Å². The molecule has 0 saturated heterocycles. The largest absolute Gasteiger partial charge is 0.346 e. The van der Waals surface area contributed by atoms with Gasteiger partial charge in [-0.15, -0.1) is 0 Å². The zero-order valence-electron chi connectivity index (χ0n) is 11.1. The summed E-state index contributed by atoms with van der Waals surface area (Å²) >= 11 is 0. The van der Waals surface area contributed by atoms with E-state index in [0.717, 1.165) is 12.3 Å². The van der Waals surface area contributed by atoms with Crippen LogP contribution in [0, 0.1) is 5.82 Å². The van der Waals surface area contributed by atoms with E-state index in [1.54, 1.807) is 4.57 Å². The highest BCUT2D eigenvalue weighted by atomic mass is 35.7. The van der Waals surface area contributed by atoms with Crippen molar-refractivity contribution < 1.29 is 21.2 Å². The number of sulfone groups is 1. The van der Waals surface area contributed by atoms with E-state index in [1.165, 1.54) is 18.3 Å². The summed E-state index contributed by atoms with van der Waals surface area (Å²) < 4.78 is 60.2. The summed E-state index contributed by atoms with van der Waals surface area (Å²) in [4.78, 5) is -0.182. The Bertz CT molecular complexity index is 887. The van der Waals surface area contributed by atoms with Gasteiger partial charge < -0.3 is 4.57 Å². The highest BCUT2D eigenvalue weighted by Gasteiger charge is 2.19. The summed E-state index contributed by atoms with van der Waals surface area (Å²) in [7, 11) is -1.76. The van der Waals surface area contributed by atoms with E-state index in [-0.39, 0.29) is 16.0 Å². The average molecular weight is 354 g/mol. The van der Waals surface area contributed by atoms with Crippen LogP contribution < -0.4 is 0 Å². The number of hydrogen-bond donors (Lipinski definition) is 0. The second-order valence-electron chi connectivity index (χ2n) is 4.77. The van der Waals surface area contributed by atoms with Crippen LogP contribution in [0.5, 0.6) is 0 Å². The number of rotatable bonds is 5. The zero-order chi connectivity index (χ0) is 15.8. The van der Waals surface area contributed by atoms with Gasteiger partial charge in [0, 0.05) is 40.6 Å². The quantitative estimate of drug-likeness (QED) is 0.772. The third-order valence-corrected chi connectivity index (χ3v) is 5.36. The van der Waals surface area contributed by atoms with E-state index in [0.29, 0.717) is 18.5 Å². The first-order valence-electron chi connectivity index (χ1n) is 5.99. The van der Waals surface area contributed by atoms with Gasteiger partial charge in [0.2, 0.25) is 0 Å². The normalized spacial score (nSPS) is 12.9. The SMILES string of the molecule is CS(=O)(=O)CCCn1cc(S(=O)(=O)Cl)c2cc(F)ccc21. The third-order valence-electron chi connectivity index (χ3n) is 2.98. The van der Waals surface area contributed by atoms with E-state index in [4.69, 9.17) is 10.7 Å². The molecule has 1 aromatic heterocycles. The first kappa shape index (κ1) is 16.3. The maximum Gasteiger partial charge on any atom is 0.263 e. The Labute approximate surface area is 126 Å². The van der Waals surface area contributed by atoms with Crippen LogP contribution in [-0.4, -0.2) is 33.4 Å². The van der Waals surface area contributed by atoms with Crippen molar-refractivity contribution in [2.24, 2.45) is 0 Å². The second kappa shape index (κ2) is 5.58. The predicted molar refractivity (Wildman–Crippen MR) is 79.3 cm³/mol. The molecule has 0 atom stereocenters. The molecule has 2 aromatic rings. The van der Waals surface area contributed by atoms with Gasteiger partial charge >= 0.3 is 0 Å². The van der Waals surface area contributed by atoms with Crippen molar-refractivity contribution in [3.05, 3.63) is 30.2 Å². The minimum atomic E-state index is -4.01. The van der Waals surface area contributed by atoms with Gasteiger partial charge in [0.1, 0.15) is 20.5 Å². The van der Waals surface area contributed by atoms with Gasteiger partial charge in [-0.2, -0.15) is 0 Å². The van der Waals surface area contributed by atoms with Crippen molar-refractivity contribution in [3.63, 3.8) is 0 Å². The van der Waals surface area contributed by atoms with Crippen molar-refractivity contribution in [2.45, 2.75) is 17.9 Å². The number of nitrogens with zero attached hydrogens (tertiary/aromatic N) is 1. The Morgan fingerprint density at radius 3 is 2.48 bits per heavy atom. The third kappa shape index (κ3) is 3.96. The Morgan fingerprint density at radius 2 is 1.90 bits per heavy atom. The van der Waals surface area contributed by atoms with Crippen LogP contribution in [0.4, 0.5) is 4.39 Å². The Kier molecular flexibility index (Phi) is 4.32. The van der Waals surface area contributed by atoms with E-state index in [2.05, 4.69) is 0 Å². The zero-order valence-corrected chi connectivity index (χ0v) is 13.5. The van der Waals surface area contributed by atoms with Crippen LogP contribution in [0.15, 0.2) is 29.3 Å². The summed E-state index contributed by atoms with van der Waals surface area (Å²) in [6, 6.07) is 3.74. The van der Waals surface area contributed by atoms with Gasteiger partial charge in [-0.25, -0.2) is 21.2 Å². The monoisotopic (exact) mass is 353 g/mol. The highest BCUT2D eigenvalue weighted by Crippen LogP contribution is 2.28. The second-order valence-corrected chi connectivity index (χ2v) is 9.56. The lowest BCUT2D eigenvalue weighted by Crippen LogP contribution is -2.06. The van der Waals surface area contributed by atoms with Gasteiger partial charge in [-0.1, -0.05) is 0 Å². The fourth-order valence-corrected chi connectivity index (χ4v) is 3.81. The number of aromatic nitrogens is 1. The lowest BCUT2D eigenvalue weighted by atomic mass is 10.2. The molecule has 0 spiro atoms. The molecule has 0 aliphatic rings. The topological polar surface area (TPSA) is 73.2 Å². The molecular weight excluding hydrogens is 341 g/mol. The van der Waals surface area contributed by atoms with E-state index in [1.807, 2.05) is 0 Å². The molecule has 0 radical (unpaired) electrons. The first-order valence-corrected chi connectivity index (χ1v) is 10.4. The molecule has 21 heavy (non-hydrogen) atoms. The van der Waals surface area contributed by atoms with Gasteiger partial charge in [0.25, 0.3) is 9.05 Å². The summed E-state index contributed by atoms with van der Waals surface area (Å²) in [5.74, 6) is -0.588. The molecule has 0 bridgehead atoms. The van der Waals surface area contributed by atoms with Crippen LogP contribution in [0.3, 0.4) is 0 Å². The number of fused-ring (bicyclic) bond motifs is 1. The van der Waals surface area contributed by atoms with Gasteiger partial charge in [0.05, 0.1) is 5.75 Å². The fraction of sp³-hybridized carbons (Fsp3) is 0.333. The Hall–Kier alpha value is -1.12. The molecule has 0 aliphatic heterocycles. The smallest absolute Gasteiger partial charge is 0.263 e. The summed E-state index contributed by atoms with van der Waals surface area (Å²) in [5, 5.41) is 0.185. The molecule has 1 aromatic carbocycles. The minimum absolute atomic E-state index is 0.0170. The van der Waals surface area contributed by atoms with Gasteiger partial charge in [0.15, 0.2) is 0 Å². The van der Waals surface area contributed by atoms with Crippen molar-refractivity contribution in [1.29, 1.82) is 0 Å². The van der Waals surface area contributed by atoms with Crippen LogP contribution in [0.2, 0.25) is 0 Å². The molecule has 0 N–H and O–H groups in total. The summed E-state index contributed by atoms with van der Waals surface area (Å²) in [6.45, 7) is 0.293. The highest BCUT2D eigenvalue weighted by molar-refractivity contribution is 8.14. The molecular formula is C12H13ClFNO4S2. The molecule has 9 heteroatoms. The predicted octanol–water partition coefficient (Wildman–Crippen LogP) is 2.14. The lowest BCUT2D eigenvalue weighted by Gasteiger charge is -2.04. The van der Waals surface area contributed by atoms with Crippen LogP contribution >= 0.6 is 10.7 Å². The minimum Gasteiger partial charge on any atom is -0.346 e. The summed E-state index contributed by atoms with van der Waals surface area (Å²) in [5.41, 5.74) is 0.490. The molecule has 0 unspecified atom stereocenters.